The van der Waals surface area contributed by atoms with Crippen LogP contribution in [0.4, 0.5) is 20.6 Å². The molecule has 0 fully saturated rings. The first-order valence-electron chi connectivity index (χ1n) is 7.68. The van der Waals surface area contributed by atoms with Gasteiger partial charge in [0.15, 0.2) is 0 Å². The maximum absolute atomic E-state index is 13.3. The summed E-state index contributed by atoms with van der Waals surface area (Å²) in [6.07, 6.45) is -0.269. The first-order valence-corrected chi connectivity index (χ1v) is 7.68. The Morgan fingerprint density at radius 2 is 1.88 bits per heavy atom. The van der Waals surface area contributed by atoms with Gasteiger partial charge < -0.3 is 10.1 Å². The summed E-state index contributed by atoms with van der Waals surface area (Å²) in [4.78, 5) is 25.1. The highest BCUT2D eigenvalue weighted by Crippen LogP contribution is 2.21. The van der Waals surface area contributed by atoms with Crippen LogP contribution in [0.3, 0.4) is 0 Å². The van der Waals surface area contributed by atoms with Gasteiger partial charge in [0.25, 0.3) is 0 Å². The highest BCUT2D eigenvalue weighted by molar-refractivity contribution is 5.91. The number of rotatable bonds is 5. The topological polar surface area (TPSA) is 58.6 Å². The Hall–Kier alpha value is -2.89. The second kappa shape index (κ2) is 8.10. The normalized spacial score (nSPS) is 10.1. The molecule has 0 bridgehead atoms. The van der Waals surface area contributed by atoms with Crippen molar-refractivity contribution in [3.63, 3.8) is 0 Å². The van der Waals surface area contributed by atoms with Gasteiger partial charge in [-0.1, -0.05) is 19.1 Å². The number of carbonyl (C=O) groups is 2. The van der Waals surface area contributed by atoms with Crippen LogP contribution in [-0.2, 0) is 4.79 Å². The number of benzene rings is 2. The Morgan fingerprint density at radius 3 is 2.54 bits per heavy atom. The number of carbonyl (C=O) groups excluding carboxylic acids is 2. The number of amides is 2. The monoisotopic (exact) mass is 330 g/mol. The smallest absolute Gasteiger partial charge is 0.410 e. The van der Waals surface area contributed by atoms with Gasteiger partial charge in [-0.15, -0.1) is 0 Å². The molecular weight excluding hydrogens is 311 g/mol. The molecule has 2 aromatic carbocycles. The van der Waals surface area contributed by atoms with E-state index in [0.29, 0.717) is 30.1 Å². The summed E-state index contributed by atoms with van der Waals surface area (Å²) in [5, 5.41) is 2.69. The average Bonchev–Trinajstić information content (AvgIpc) is 2.55. The lowest BCUT2D eigenvalue weighted by Gasteiger charge is -2.20. The molecule has 0 atom stereocenters. The van der Waals surface area contributed by atoms with Crippen LogP contribution >= 0.6 is 0 Å². The van der Waals surface area contributed by atoms with Gasteiger partial charge in [-0.3, -0.25) is 9.69 Å². The highest BCUT2D eigenvalue weighted by Gasteiger charge is 2.17. The van der Waals surface area contributed by atoms with E-state index in [2.05, 4.69) is 5.32 Å². The molecule has 6 heteroatoms. The lowest BCUT2D eigenvalue weighted by molar-refractivity contribution is -0.115. The minimum atomic E-state index is -0.623. The molecule has 2 aromatic rings. The number of anilines is 2. The molecule has 2 amide bonds. The van der Waals surface area contributed by atoms with E-state index in [4.69, 9.17) is 4.74 Å². The fraction of sp³-hybridized carbons (Fsp3) is 0.222. The van der Waals surface area contributed by atoms with Crippen molar-refractivity contribution in [2.24, 2.45) is 0 Å². The van der Waals surface area contributed by atoms with Crippen LogP contribution in [0.5, 0.6) is 5.75 Å². The number of ether oxygens (including phenoxy) is 1. The molecule has 0 aromatic heterocycles. The molecule has 2 rings (SSSR count). The Kier molecular flexibility index (Phi) is 5.89. The van der Waals surface area contributed by atoms with Gasteiger partial charge in [0, 0.05) is 30.4 Å². The number of nitrogens with zero attached hydrogens (tertiary/aromatic N) is 1. The van der Waals surface area contributed by atoms with E-state index in [-0.39, 0.29) is 5.91 Å². The quantitative estimate of drug-likeness (QED) is 0.894. The Bertz CT molecular complexity index is 734. The van der Waals surface area contributed by atoms with Gasteiger partial charge in [0.1, 0.15) is 11.6 Å². The molecule has 24 heavy (non-hydrogen) atoms. The van der Waals surface area contributed by atoms with Crippen molar-refractivity contribution in [3.05, 3.63) is 54.3 Å². The summed E-state index contributed by atoms with van der Waals surface area (Å²) < 4.78 is 18.7. The summed E-state index contributed by atoms with van der Waals surface area (Å²) in [5.41, 5.74) is 0.957. The summed E-state index contributed by atoms with van der Waals surface area (Å²) in [5.74, 6) is -0.264. The van der Waals surface area contributed by atoms with E-state index >= 15 is 0 Å². The van der Waals surface area contributed by atoms with Crippen LogP contribution < -0.4 is 15.0 Å². The molecule has 0 unspecified atom stereocenters. The van der Waals surface area contributed by atoms with Crippen molar-refractivity contribution < 1.29 is 18.7 Å². The van der Waals surface area contributed by atoms with E-state index in [1.807, 2.05) is 0 Å². The maximum Gasteiger partial charge on any atom is 0.419 e. The Balaban J connectivity index is 2.13. The lowest BCUT2D eigenvalue weighted by atomic mass is 10.3. The SMILES string of the molecule is CCC(=O)Nc1cccc(OC(=O)N(CC)c2cccc(F)c2)c1. The number of hydrogen-bond acceptors (Lipinski definition) is 3. The summed E-state index contributed by atoms with van der Waals surface area (Å²) in [6, 6.07) is 12.3. The minimum Gasteiger partial charge on any atom is -0.410 e. The Labute approximate surface area is 140 Å². The predicted octanol–water partition coefficient (Wildman–Crippen LogP) is 4.20. The van der Waals surface area contributed by atoms with Gasteiger partial charge in [-0.25, -0.2) is 9.18 Å². The van der Waals surface area contributed by atoms with Crippen molar-refractivity contribution in [1.82, 2.24) is 0 Å². The number of hydrogen-bond donors (Lipinski definition) is 1. The standard InChI is InChI=1S/C18H19FN2O3/c1-3-17(22)20-14-8-6-10-16(12-14)24-18(23)21(4-2)15-9-5-7-13(19)11-15/h5-12H,3-4H2,1-2H3,(H,20,22). The van der Waals surface area contributed by atoms with Crippen LogP contribution in [0.15, 0.2) is 48.5 Å². The van der Waals surface area contributed by atoms with E-state index in [0.717, 1.165) is 0 Å². The van der Waals surface area contributed by atoms with Crippen LogP contribution in [-0.4, -0.2) is 18.5 Å². The molecule has 126 valence electrons. The molecule has 0 radical (unpaired) electrons. The predicted molar refractivity (Wildman–Crippen MR) is 90.8 cm³/mol. The maximum atomic E-state index is 13.3. The molecule has 1 N–H and O–H groups in total. The molecule has 0 heterocycles. The summed E-state index contributed by atoms with van der Waals surface area (Å²) in [7, 11) is 0. The van der Waals surface area contributed by atoms with Gasteiger partial charge in [0.2, 0.25) is 5.91 Å². The zero-order valence-corrected chi connectivity index (χ0v) is 13.6. The third-order valence-electron chi connectivity index (χ3n) is 3.30. The van der Waals surface area contributed by atoms with Crippen molar-refractivity contribution >= 4 is 23.4 Å². The van der Waals surface area contributed by atoms with E-state index in [9.17, 15) is 14.0 Å². The molecule has 0 saturated carbocycles. The van der Waals surface area contributed by atoms with Crippen molar-refractivity contribution in [2.45, 2.75) is 20.3 Å². The van der Waals surface area contributed by atoms with Crippen LogP contribution in [0.2, 0.25) is 0 Å². The largest absolute Gasteiger partial charge is 0.419 e. The minimum absolute atomic E-state index is 0.131. The van der Waals surface area contributed by atoms with E-state index in [1.165, 1.54) is 23.1 Å². The first kappa shape index (κ1) is 17.5. The second-order valence-corrected chi connectivity index (χ2v) is 5.02. The van der Waals surface area contributed by atoms with E-state index in [1.54, 1.807) is 44.2 Å². The first-order chi connectivity index (χ1) is 11.5. The van der Waals surface area contributed by atoms with Crippen molar-refractivity contribution in [1.29, 1.82) is 0 Å². The molecule has 0 aliphatic heterocycles. The van der Waals surface area contributed by atoms with Crippen LogP contribution in [0, 0.1) is 5.82 Å². The Morgan fingerprint density at radius 1 is 1.12 bits per heavy atom. The highest BCUT2D eigenvalue weighted by atomic mass is 19.1. The molecule has 0 aliphatic carbocycles. The van der Waals surface area contributed by atoms with Crippen molar-refractivity contribution in [3.8, 4) is 5.75 Å². The third kappa shape index (κ3) is 4.55. The summed E-state index contributed by atoms with van der Waals surface area (Å²) in [6.45, 7) is 3.84. The van der Waals surface area contributed by atoms with Gasteiger partial charge in [0.05, 0.1) is 0 Å². The second-order valence-electron chi connectivity index (χ2n) is 5.02. The fourth-order valence-corrected chi connectivity index (χ4v) is 2.10. The van der Waals surface area contributed by atoms with Crippen LogP contribution in [0.1, 0.15) is 20.3 Å². The lowest BCUT2D eigenvalue weighted by Crippen LogP contribution is -2.33. The number of nitrogens with one attached hydrogen (secondary N) is 1. The zero-order valence-electron chi connectivity index (χ0n) is 13.6. The molecule has 0 spiro atoms. The number of halogens is 1. The summed E-state index contributed by atoms with van der Waals surface area (Å²) >= 11 is 0. The van der Waals surface area contributed by atoms with Crippen LogP contribution in [0.25, 0.3) is 0 Å². The van der Waals surface area contributed by atoms with Crippen molar-refractivity contribution in [2.75, 3.05) is 16.8 Å². The van der Waals surface area contributed by atoms with Gasteiger partial charge in [-0.2, -0.15) is 0 Å². The fourth-order valence-electron chi connectivity index (χ4n) is 2.10. The third-order valence-corrected chi connectivity index (χ3v) is 3.30. The molecule has 0 saturated heterocycles. The molecular formula is C18H19FN2O3. The van der Waals surface area contributed by atoms with Gasteiger partial charge in [-0.05, 0) is 37.3 Å². The van der Waals surface area contributed by atoms with E-state index < -0.39 is 11.9 Å². The average molecular weight is 330 g/mol. The van der Waals surface area contributed by atoms with Gasteiger partial charge >= 0.3 is 6.09 Å². The molecule has 5 nitrogen and oxygen atoms in total. The zero-order chi connectivity index (χ0) is 17.5. The molecule has 0 aliphatic rings.